The van der Waals surface area contributed by atoms with Crippen molar-refractivity contribution in [3.63, 3.8) is 0 Å². The number of carbonyl (C=O) groups excluding carboxylic acids is 1. The standard InChI is InChI=1S/C13H17NO/c1-10(2)7-14-8-11(9-15)12-5-3-4-6-13(12)14/h3-6,9-11H,7-8H2,1-2H3/t11-/m1/s1. The fourth-order valence-electron chi connectivity index (χ4n) is 2.25. The van der Waals surface area contributed by atoms with E-state index in [-0.39, 0.29) is 5.92 Å². The smallest absolute Gasteiger partial charge is 0.129 e. The minimum atomic E-state index is 0.0694. The first-order valence-electron chi connectivity index (χ1n) is 5.51. The van der Waals surface area contributed by atoms with Gasteiger partial charge in [-0.2, -0.15) is 0 Å². The zero-order valence-corrected chi connectivity index (χ0v) is 9.31. The van der Waals surface area contributed by atoms with E-state index in [0.29, 0.717) is 5.92 Å². The quantitative estimate of drug-likeness (QED) is 0.703. The highest BCUT2D eigenvalue weighted by molar-refractivity contribution is 5.74. The Kier molecular flexibility index (Phi) is 2.76. The Bertz CT molecular complexity index is 359. The molecule has 0 spiro atoms. The van der Waals surface area contributed by atoms with Gasteiger partial charge >= 0.3 is 0 Å². The van der Waals surface area contributed by atoms with Gasteiger partial charge in [0.25, 0.3) is 0 Å². The van der Waals surface area contributed by atoms with Crippen molar-refractivity contribution in [2.75, 3.05) is 18.0 Å². The largest absolute Gasteiger partial charge is 0.370 e. The Morgan fingerprint density at radius 1 is 1.47 bits per heavy atom. The van der Waals surface area contributed by atoms with Crippen LogP contribution >= 0.6 is 0 Å². The van der Waals surface area contributed by atoms with E-state index >= 15 is 0 Å². The van der Waals surface area contributed by atoms with Crippen LogP contribution in [0.4, 0.5) is 5.69 Å². The van der Waals surface area contributed by atoms with Crippen LogP contribution < -0.4 is 4.90 Å². The molecule has 1 aliphatic rings. The summed E-state index contributed by atoms with van der Waals surface area (Å²) < 4.78 is 0. The third-order valence-corrected chi connectivity index (χ3v) is 2.84. The zero-order chi connectivity index (χ0) is 10.8. The highest BCUT2D eigenvalue weighted by atomic mass is 16.1. The van der Waals surface area contributed by atoms with Gasteiger partial charge in [-0.25, -0.2) is 0 Å². The Balaban J connectivity index is 2.29. The second-order valence-electron chi connectivity index (χ2n) is 4.60. The van der Waals surface area contributed by atoms with E-state index < -0.39 is 0 Å². The third kappa shape index (κ3) is 1.89. The maximum Gasteiger partial charge on any atom is 0.129 e. The summed E-state index contributed by atoms with van der Waals surface area (Å²) >= 11 is 0. The molecular formula is C13H17NO. The predicted octanol–water partition coefficient (Wildman–Crippen LogP) is 2.45. The number of anilines is 1. The van der Waals surface area contributed by atoms with Crippen LogP contribution in [-0.2, 0) is 4.79 Å². The molecule has 1 aromatic rings. The van der Waals surface area contributed by atoms with Crippen LogP contribution in [0.1, 0.15) is 25.3 Å². The highest BCUT2D eigenvalue weighted by Crippen LogP contribution is 2.35. The first-order valence-corrected chi connectivity index (χ1v) is 5.51. The molecule has 0 aliphatic carbocycles. The van der Waals surface area contributed by atoms with Gasteiger partial charge in [0.1, 0.15) is 6.29 Å². The van der Waals surface area contributed by atoms with Crippen molar-refractivity contribution in [1.29, 1.82) is 0 Å². The van der Waals surface area contributed by atoms with E-state index in [1.54, 1.807) is 0 Å². The topological polar surface area (TPSA) is 20.3 Å². The fraction of sp³-hybridized carbons (Fsp3) is 0.462. The Hall–Kier alpha value is -1.31. The van der Waals surface area contributed by atoms with Crippen LogP contribution in [-0.4, -0.2) is 19.4 Å². The number of benzene rings is 1. The molecule has 0 radical (unpaired) electrons. The van der Waals surface area contributed by atoms with E-state index in [0.717, 1.165) is 19.4 Å². The lowest BCUT2D eigenvalue weighted by Crippen LogP contribution is -2.26. The summed E-state index contributed by atoms with van der Waals surface area (Å²) in [5.74, 6) is 0.698. The van der Waals surface area contributed by atoms with Gasteiger partial charge in [-0.3, -0.25) is 0 Å². The zero-order valence-electron chi connectivity index (χ0n) is 9.31. The van der Waals surface area contributed by atoms with Crippen LogP contribution in [0.5, 0.6) is 0 Å². The number of fused-ring (bicyclic) bond motifs is 1. The van der Waals surface area contributed by atoms with Crippen molar-refractivity contribution < 1.29 is 4.79 Å². The summed E-state index contributed by atoms with van der Waals surface area (Å²) in [5.41, 5.74) is 2.43. The third-order valence-electron chi connectivity index (χ3n) is 2.84. The average Bonchev–Trinajstić information content (AvgIpc) is 2.56. The molecular weight excluding hydrogens is 186 g/mol. The number of carbonyl (C=O) groups is 1. The summed E-state index contributed by atoms with van der Waals surface area (Å²) in [4.78, 5) is 13.3. The van der Waals surface area contributed by atoms with Crippen molar-refractivity contribution >= 4 is 12.0 Å². The molecule has 1 heterocycles. The van der Waals surface area contributed by atoms with Gasteiger partial charge in [0.2, 0.25) is 0 Å². The molecule has 0 N–H and O–H groups in total. The second-order valence-corrected chi connectivity index (χ2v) is 4.60. The maximum absolute atomic E-state index is 11.0. The fourth-order valence-corrected chi connectivity index (χ4v) is 2.25. The van der Waals surface area contributed by atoms with Crippen LogP contribution in [0.15, 0.2) is 24.3 Å². The van der Waals surface area contributed by atoms with Gasteiger partial charge in [0, 0.05) is 18.8 Å². The Labute approximate surface area is 90.9 Å². The number of hydrogen-bond donors (Lipinski definition) is 0. The van der Waals surface area contributed by atoms with Gasteiger partial charge in [-0.1, -0.05) is 32.0 Å². The summed E-state index contributed by atoms with van der Waals surface area (Å²) in [6.07, 6.45) is 1.07. The van der Waals surface area contributed by atoms with Gasteiger partial charge < -0.3 is 9.69 Å². The van der Waals surface area contributed by atoms with Crippen molar-refractivity contribution in [2.45, 2.75) is 19.8 Å². The molecule has 1 atom stereocenters. The molecule has 2 rings (SSSR count). The van der Waals surface area contributed by atoms with E-state index in [9.17, 15) is 4.79 Å². The maximum atomic E-state index is 11.0. The molecule has 80 valence electrons. The normalized spacial score (nSPS) is 19.4. The van der Waals surface area contributed by atoms with Gasteiger partial charge in [0.05, 0.1) is 5.92 Å². The number of nitrogens with zero attached hydrogens (tertiary/aromatic N) is 1. The molecule has 2 nitrogen and oxygen atoms in total. The average molecular weight is 203 g/mol. The lowest BCUT2D eigenvalue weighted by Gasteiger charge is -2.21. The lowest BCUT2D eigenvalue weighted by molar-refractivity contribution is -0.108. The monoisotopic (exact) mass is 203 g/mol. The van der Waals surface area contributed by atoms with Crippen LogP contribution in [0.3, 0.4) is 0 Å². The lowest BCUT2D eigenvalue weighted by atomic mass is 10.0. The molecule has 0 saturated carbocycles. The summed E-state index contributed by atoms with van der Waals surface area (Å²) in [6, 6.07) is 8.23. The molecule has 2 heteroatoms. The van der Waals surface area contributed by atoms with Crippen molar-refractivity contribution in [1.82, 2.24) is 0 Å². The molecule has 15 heavy (non-hydrogen) atoms. The van der Waals surface area contributed by atoms with Gasteiger partial charge in [0.15, 0.2) is 0 Å². The molecule has 0 amide bonds. The predicted molar refractivity (Wildman–Crippen MR) is 62.3 cm³/mol. The number of rotatable bonds is 3. The summed E-state index contributed by atoms with van der Waals surface area (Å²) in [7, 11) is 0. The van der Waals surface area contributed by atoms with Crippen molar-refractivity contribution in [2.24, 2.45) is 5.92 Å². The van der Waals surface area contributed by atoms with E-state index in [1.807, 2.05) is 12.1 Å². The highest BCUT2D eigenvalue weighted by Gasteiger charge is 2.27. The van der Waals surface area contributed by atoms with E-state index in [4.69, 9.17) is 0 Å². The van der Waals surface area contributed by atoms with Crippen LogP contribution in [0.2, 0.25) is 0 Å². The Morgan fingerprint density at radius 2 is 2.20 bits per heavy atom. The second kappa shape index (κ2) is 4.05. The van der Waals surface area contributed by atoms with Gasteiger partial charge in [-0.15, -0.1) is 0 Å². The molecule has 0 unspecified atom stereocenters. The van der Waals surface area contributed by atoms with Crippen molar-refractivity contribution in [3.05, 3.63) is 29.8 Å². The minimum absolute atomic E-state index is 0.0694. The van der Waals surface area contributed by atoms with Crippen LogP contribution in [0, 0.1) is 5.92 Å². The molecule has 0 saturated heterocycles. The van der Waals surface area contributed by atoms with E-state index in [2.05, 4.69) is 30.9 Å². The first kappa shape index (κ1) is 10.2. The van der Waals surface area contributed by atoms with E-state index in [1.165, 1.54) is 11.3 Å². The van der Waals surface area contributed by atoms with Crippen molar-refractivity contribution in [3.8, 4) is 0 Å². The number of para-hydroxylation sites is 1. The molecule has 0 bridgehead atoms. The number of hydrogen-bond acceptors (Lipinski definition) is 2. The molecule has 0 aromatic heterocycles. The van der Waals surface area contributed by atoms with Gasteiger partial charge in [-0.05, 0) is 17.5 Å². The summed E-state index contributed by atoms with van der Waals surface area (Å²) in [6.45, 7) is 6.29. The van der Waals surface area contributed by atoms with Crippen LogP contribution in [0.25, 0.3) is 0 Å². The molecule has 0 fully saturated rings. The first-order chi connectivity index (χ1) is 7.22. The SMILES string of the molecule is CC(C)CN1C[C@H](C=O)c2ccccc21. The number of aldehydes is 1. The molecule has 1 aromatic carbocycles. The summed E-state index contributed by atoms with van der Waals surface area (Å²) in [5, 5.41) is 0. The molecule has 1 aliphatic heterocycles. The minimum Gasteiger partial charge on any atom is -0.370 e. The Morgan fingerprint density at radius 3 is 2.87 bits per heavy atom.